The Balaban J connectivity index is 1.78. The fourth-order valence-electron chi connectivity index (χ4n) is 4.05. The van der Waals surface area contributed by atoms with Gasteiger partial charge in [-0.2, -0.15) is 0 Å². The molecule has 0 spiro atoms. The second-order valence-corrected chi connectivity index (χ2v) is 8.96. The van der Waals surface area contributed by atoms with E-state index >= 15 is 0 Å². The summed E-state index contributed by atoms with van der Waals surface area (Å²) in [5.41, 5.74) is 4.80. The summed E-state index contributed by atoms with van der Waals surface area (Å²) in [5.74, 6) is 0.199. The molecule has 1 amide bonds. The molecular weight excluding hydrogens is 460 g/mol. The highest BCUT2D eigenvalue weighted by atomic mass is 35.5. The largest absolute Gasteiger partial charge is 0.495 e. The second kappa shape index (κ2) is 10.6. The molecule has 0 aliphatic heterocycles. The number of nitrogens with one attached hydrogen (secondary N) is 1. The highest BCUT2D eigenvalue weighted by Crippen LogP contribution is 2.33. The standard InChI is InChI=1S/C29H27ClN2O3/c1-19-9-13-23(14-10-19)31-29(34)26(15-21-7-5-4-6-8-21)32-18-27(35-3)25(17-28(32)33)24-16-22(30)12-11-20(24)2/h4-14,16-18,26H,15H2,1-3H3,(H,31,34). The quantitative estimate of drug-likeness (QED) is 0.337. The molecule has 5 nitrogen and oxygen atoms in total. The van der Waals surface area contributed by atoms with Gasteiger partial charge in [-0.3, -0.25) is 14.2 Å². The maximum absolute atomic E-state index is 13.5. The van der Waals surface area contributed by atoms with Crippen molar-refractivity contribution in [2.45, 2.75) is 26.3 Å². The van der Waals surface area contributed by atoms with Gasteiger partial charge in [0, 0.05) is 28.8 Å². The number of anilines is 1. The summed E-state index contributed by atoms with van der Waals surface area (Å²) in [7, 11) is 1.55. The number of halogens is 1. The molecule has 0 radical (unpaired) electrons. The number of aryl methyl sites for hydroxylation is 2. The van der Waals surface area contributed by atoms with Crippen molar-refractivity contribution in [3.05, 3.63) is 117 Å². The molecule has 178 valence electrons. The van der Waals surface area contributed by atoms with Crippen molar-refractivity contribution in [3.8, 4) is 16.9 Å². The number of pyridine rings is 1. The molecule has 1 atom stereocenters. The highest BCUT2D eigenvalue weighted by molar-refractivity contribution is 6.30. The lowest BCUT2D eigenvalue weighted by molar-refractivity contribution is -0.119. The van der Waals surface area contributed by atoms with Crippen LogP contribution in [0.2, 0.25) is 5.02 Å². The van der Waals surface area contributed by atoms with Gasteiger partial charge in [-0.1, -0.05) is 65.7 Å². The average molecular weight is 487 g/mol. The maximum Gasteiger partial charge on any atom is 0.252 e. The summed E-state index contributed by atoms with van der Waals surface area (Å²) in [4.78, 5) is 26.9. The number of benzene rings is 3. The molecule has 0 bridgehead atoms. The Morgan fingerprint density at radius 1 is 0.971 bits per heavy atom. The number of rotatable bonds is 7. The topological polar surface area (TPSA) is 60.3 Å². The van der Waals surface area contributed by atoms with Crippen molar-refractivity contribution in [1.29, 1.82) is 0 Å². The van der Waals surface area contributed by atoms with E-state index in [9.17, 15) is 9.59 Å². The van der Waals surface area contributed by atoms with E-state index in [-0.39, 0.29) is 11.5 Å². The number of amides is 1. The lowest BCUT2D eigenvalue weighted by atomic mass is 10.00. The van der Waals surface area contributed by atoms with Crippen molar-refractivity contribution >= 4 is 23.2 Å². The van der Waals surface area contributed by atoms with Gasteiger partial charge >= 0.3 is 0 Å². The average Bonchev–Trinajstić information content (AvgIpc) is 2.86. The number of hydrogen-bond acceptors (Lipinski definition) is 3. The fraction of sp³-hybridized carbons (Fsp3) is 0.172. The molecule has 4 aromatic rings. The molecule has 35 heavy (non-hydrogen) atoms. The van der Waals surface area contributed by atoms with E-state index in [0.29, 0.717) is 28.4 Å². The summed E-state index contributed by atoms with van der Waals surface area (Å²) >= 11 is 6.23. The van der Waals surface area contributed by atoms with Crippen molar-refractivity contribution < 1.29 is 9.53 Å². The first-order valence-electron chi connectivity index (χ1n) is 11.3. The van der Waals surface area contributed by atoms with Crippen LogP contribution in [-0.2, 0) is 11.2 Å². The zero-order valence-corrected chi connectivity index (χ0v) is 20.7. The van der Waals surface area contributed by atoms with Crippen LogP contribution in [0.5, 0.6) is 5.75 Å². The van der Waals surface area contributed by atoms with Crippen LogP contribution in [-0.4, -0.2) is 17.6 Å². The van der Waals surface area contributed by atoms with Crippen LogP contribution in [0.15, 0.2) is 89.9 Å². The number of aromatic nitrogens is 1. The molecule has 1 heterocycles. The summed E-state index contributed by atoms with van der Waals surface area (Å²) in [6, 6.07) is 23.4. The normalized spacial score (nSPS) is 11.7. The van der Waals surface area contributed by atoms with Crippen molar-refractivity contribution in [2.24, 2.45) is 0 Å². The molecule has 3 aromatic carbocycles. The Bertz CT molecular complexity index is 1400. The van der Waals surface area contributed by atoms with Crippen LogP contribution in [0.1, 0.15) is 22.7 Å². The maximum atomic E-state index is 13.5. The Hall–Kier alpha value is -3.83. The first-order chi connectivity index (χ1) is 16.9. The number of methoxy groups -OCH3 is 1. The van der Waals surface area contributed by atoms with Gasteiger partial charge < -0.3 is 10.1 Å². The molecule has 0 aliphatic rings. The summed E-state index contributed by atoms with van der Waals surface area (Å²) in [6.45, 7) is 3.93. The minimum Gasteiger partial charge on any atom is -0.495 e. The smallest absolute Gasteiger partial charge is 0.252 e. The third-order valence-corrected chi connectivity index (χ3v) is 6.22. The lowest BCUT2D eigenvalue weighted by Crippen LogP contribution is -2.34. The fourth-order valence-corrected chi connectivity index (χ4v) is 4.22. The van der Waals surface area contributed by atoms with E-state index in [2.05, 4.69) is 5.32 Å². The van der Waals surface area contributed by atoms with Gasteiger partial charge in [0.25, 0.3) is 5.56 Å². The predicted molar refractivity (Wildman–Crippen MR) is 141 cm³/mol. The predicted octanol–water partition coefficient (Wildman–Crippen LogP) is 6.22. The van der Waals surface area contributed by atoms with Crippen LogP contribution in [0.4, 0.5) is 5.69 Å². The van der Waals surface area contributed by atoms with Crippen LogP contribution < -0.4 is 15.6 Å². The van der Waals surface area contributed by atoms with Crippen LogP contribution in [0.25, 0.3) is 11.1 Å². The molecule has 0 aliphatic carbocycles. The van der Waals surface area contributed by atoms with Crippen molar-refractivity contribution in [2.75, 3.05) is 12.4 Å². The van der Waals surface area contributed by atoms with Gasteiger partial charge in [-0.15, -0.1) is 0 Å². The number of nitrogens with zero attached hydrogens (tertiary/aromatic N) is 1. The molecule has 1 aromatic heterocycles. The van der Waals surface area contributed by atoms with Crippen molar-refractivity contribution in [3.63, 3.8) is 0 Å². The Morgan fingerprint density at radius 2 is 1.69 bits per heavy atom. The highest BCUT2D eigenvalue weighted by Gasteiger charge is 2.24. The van der Waals surface area contributed by atoms with Gasteiger partial charge in [0.05, 0.1) is 13.3 Å². The first-order valence-corrected chi connectivity index (χ1v) is 11.7. The molecule has 1 unspecified atom stereocenters. The Labute approximate surface area is 210 Å². The van der Waals surface area contributed by atoms with Crippen LogP contribution in [0.3, 0.4) is 0 Å². The molecule has 0 saturated heterocycles. The Morgan fingerprint density at radius 3 is 2.37 bits per heavy atom. The Kier molecular flexibility index (Phi) is 7.37. The summed E-state index contributed by atoms with van der Waals surface area (Å²) < 4.78 is 7.11. The van der Waals surface area contributed by atoms with E-state index in [1.165, 1.54) is 10.6 Å². The van der Waals surface area contributed by atoms with E-state index < -0.39 is 6.04 Å². The van der Waals surface area contributed by atoms with Gasteiger partial charge in [0.2, 0.25) is 5.91 Å². The third-order valence-electron chi connectivity index (χ3n) is 5.98. The molecule has 4 rings (SSSR count). The van der Waals surface area contributed by atoms with Gasteiger partial charge in [-0.25, -0.2) is 0 Å². The van der Waals surface area contributed by atoms with Gasteiger partial charge in [0.15, 0.2) is 0 Å². The zero-order chi connectivity index (χ0) is 24.9. The van der Waals surface area contributed by atoms with E-state index in [4.69, 9.17) is 16.3 Å². The van der Waals surface area contributed by atoms with E-state index in [1.54, 1.807) is 19.4 Å². The first kappa shape index (κ1) is 24.3. The lowest BCUT2D eigenvalue weighted by Gasteiger charge is -2.22. The summed E-state index contributed by atoms with van der Waals surface area (Å²) in [6.07, 6.45) is 1.96. The SMILES string of the molecule is COc1cn(C(Cc2ccccc2)C(=O)Nc2ccc(C)cc2)c(=O)cc1-c1cc(Cl)ccc1C. The van der Waals surface area contributed by atoms with Gasteiger partial charge in [-0.05, 0) is 54.8 Å². The minimum absolute atomic E-state index is 0.284. The monoisotopic (exact) mass is 486 g/mol. The van der Waals surface area contributed by atoms with E-state index in [1.807, 2.05) is 80.6 Å². The minimum atomic E-state index is -0.783. The summed E-state index contributed by atoms with van der Waals surface area (Å²) in [5, 5.41) is 3.52. The number of carbonyl (C=O) groups excluding carboxylic acids is 1. The number of ether oxygens (including phenoxy) is 1. The van der Waals surface area contributed by atoms with E-state index in [0.717, 1.165) is 22.3 Å². The molecule has 0 saturated carbocycles. The number of hydrogen-bond donors (Lipinski definition) is 1. The third kappa shape index (κ3) is 5.64. The molecule has 6 heteroatoms. The van der Waals surface area contributed by atoms with Crippen LogP contribution in [0, 0.1) is 13.8 Å². The zero-order valence-electron chi connectivity index (χ0n) is 19.9. The molecule has 0 fully saturated rings. The van der Waals surface area contributed by atoms with Crippen molar-refractivity contribution in [1.82, 2.24) is 4.57 Å². The second-order valence-electron chi connectivity index (χ2n) is 8.52. The van der Waals surface area contributed by atoms with Crippen LogP contribution >= 0.6 is 11.6 Å². The molecule has 1 N–H and O–H groups in total. The molecular formula is C29H27ClN2O3. The van der Waals surface area contributed by atoms with Gasteiger partial charge in [0.1, 0.15) is 11.8 Å². The number of carbonyl (C=O) groups is 1.